The number of hydrogen-bond donors (Lipinski definition) is 3. The number of aryl methyl sites for hydroxylation is 1. The molecule has 4 rings (SSSR count). The van der Waals surface area contributed by atoms with Crippen molar-refractivity contribution in [3.63, 3.8) is 0 Å². The average Bonchev–Trinajstić information content (AvgIpc) is 2.99. The minimum atomic E-state index is -1.52. The Bertz CT molecular complexity index is 1490. The number of ether oxygens (including phenoxy) is 1. The highest BCUT2D eigenvalue weighted by atomic mass is 16.5. The molecule has 1 heterocycles. The van der Waals surface area contributed by atoms with Gasteiger partial charge in [0.15, 0.2) is 0 Å². The topological polar surface area (TPSA) is 95.2 Å². The lowest BCUT2D eigenvalue weighted by Gasteiger charge is -2.31. The number of hydrogen-bond acceptors (Lipinski definition) is 6. The molecule has 3 N–H and O–H groups in total. The van der Waals surface area contributed by atoms with Crippen LogP contribution in [0, 0.1) is 0 Å². The summed E-state index contributed by atoms with van der Waals surface area (Å²) in [4.78, 5) is 8.88. The highest BCUT2D eigenvalue weighted by molar-refractivity contribution is 5.96. The van der Waals surface area contributed by atoms with Crippen molar-refractivity contribution in [2.24, 2.45) is 4.99 Å². The summed E-state index contributed by atoms with van der Waals surface area (Å²) >= 11 is 0. The van der Waals surface area contributed by atoms with Gasteiger partial charge in [-0.3, -0.25) is 4.99 Å². The average molecular weight is 527 g/mol. The molecule has 4 aromatic rings. The Morgan fingerprint density at radius 2 is 1.72 bits per heavy atom. The molecule has 204 valence electrons. The summed E-state index contributed by atoms with van der Waals surface area (Å²) in [5.41, 5.74) is 4.47. The summed E-state index contributed by atoms with van der Waals surface area (Å²) in [6.45, 7) is 9.58. The standard InChI is InChI=1S/C31H32N2O4.C2H6/c1-5-21-10-11-24(14-23(21)19-34)31(36,20(3)18-32-6-2)25-12-13-29-28(16-25)27(17-30(33-29)37-4)22-8-7-9-26(35)15-22;1-2/h6-18,34-36H,5,19H2,1-4H3;1-2H3/b20-18+,32-6?;. The molecule has 1 aromatic heterocycles. The van der Waals surface area contributed by atoms with Gasteiger partial charge in [-0.15, -0.1) is 0 Å². The van der Waals surface area contributed by atoms with Gasteiger partial charge in [0.2, 0.25) is 5.88 Å². The predicted molar refractivity (Wildman–Crippen MR) is 159 cm³/mol. The van der Waals surface area contributed by atoms with Crippen molar-refractivity contribution in [2.75, 3.05) is 7.11 Å². The Morgan fingerprint density at radius 3 is 2.36 bits per heavy atom. The van der Waals surface area contributed by atoms with Crippen LogP contribution in [0.15, 0.2) is 83.5 Å². The van der Waals surface area contributed by atoms with E-state index >= 15 is 0 Å². The fraction of sp³-hybridized carbons (Fsp3) is 0.273. The third-order valence-corrected chi connectivity index (χ3v) is 6.73. The van der Waals surface area contributed by atoms with Crippen LogP contribution in [0.2, 0.25) is 0 Å². The van der Waals surface area contributed by atoms with Crippen LogP contribution in [0.25, 0.3) is 22.0 Å². The van der Waals surface area contributed by atoms with Crippen molar-refractivity contribution in [3.05, 3.63) is 101 Å². The number of nitrogens with zero attached hydrogens (tertiary/aromatic N) is 2. The molecule has 1 atom stereocenters. The number of rotatable bonds is 8. The number of phenolic OH excluding ortho intramolecular Hbond substituents is 1. The molecule has 1 unspecified atom stereocenters. The summed E-state index contributed by atoms with van der Waals surface area (Å²) < 4.78 is 5.44. The van der Waals surface area contributed by atoms with E-state index in [4.69, 9.17) is 4.74 Å². The first kappa shape index (κ1) is 29.6. The van der Waals surface area contributed by atoms with Crippen molar-refractivity contribution >= 4 is 17.1 Å². The molecule has 0 aliphatic heterocycles. The quantitative estimate of drug-likeness (QED) is 0.217. The molecule has 0 fully saturated rings. The highest BCUT2D eigenvalue weighted by Gasteiger charge is 2.35. The van der Waals surface area contributed by atoms with Crippen molar-refractivity contribution in [1.82, 2.24) is 4.98 Å². The van der Waals surface area contributed by atoms with Crippen molar-refractivity contribution < 1.29 is 20.1 Å². The molecule has 0 aliphatic rings. The van der Waals surface area contributed by atoms with Gasteiger partial charge in [-0.25, -0.2) is 4.98 Å². The summed E-state index contributed by atoms with van der Waals surface area (Å²) in [6, 6.07) is 20.2. The Balaban J connectivity index is 0.00000205. The first-order chi connectivity index (χ1) is 18.8. The maximum atomic E-state index is 12.4. The molecular formula is C33H38N2O4. The maximum absolute atomic E-state index is 12.4. The van der Waals surface area contributed by atoms with Crippen LogP contribution in [0.3, 0.4) is 0 Å². The van der Waals surface area contributed by atoms with Gasteiger partial charge in [-0.1, -0.05) is 51.1 Å². The van der Waals surface area contributed by atoms with E-state index in [1.54, 1.807) is 37.7 Å². The Labute approximate surface area is 231 Å². The van der Waals surface area contributed by atoms with E-state index in [0.717, 1.165) is 34.1 Å². The first-order valence-corrected chi connectivity index (χ1v) is 13.2. The highest BCUT2D eigenvalue weighted by Crippen LogP contribution is 2.41. The molecular weight excluding hydrogens is 488 g/mol. The van der Waals surface area contributed by atoms with Gasteiger partial charge in [0.25, 0.3) is 0 Å². The summed E-state index contributed by atoms with van der Waals surface area (Å²) in [5, 5.41) is 33.3. The Hall–Kier alpha value is -4.00. The molecule has 6 nitrogen and oxygen atoms in total. The number of fused-ring (bicyclic) bond motifs is 1. The lowest BCUT2D eigenvalue weighted by molar-refractivity contribution is 0.120. The Morgan fingerprint density at radius 1 is 1.00 bits per heavy atom. The van der Waals surface area contributed by atoms with E-state index in [1.807, 2.05) is 83.1 Å². The summed E-state index contributed by atoms with van der Waals surface area (Å²) in [7, 11) is 1.56. The monoisotopic (exact) mass is 526 g/mol. The molecule has 0 amide bonds. The second-order valence-electron chi connectivity index (χ2n) is 8.92. The van der Waals surface area contributed by atoms with Gasteiger partial charge < -0.3 is 20.1 Å². The van der Waals surface area contributed by atoms with Gasteiger partial charge in [-0.2, -0.15) is 0 Å². The number of phenols is 1. The van der Waals surface area contributed by atoms with Crippen LogP contribution in [0.5, 0.6) is 11.6 Å². The molecule has 0 bridgehead atoms. The Kier molecular flexibility index (Phi) is 9.99. The fourth-order valence-corrected chi connectivity index (χ4v) is 4.69. The SMILES string of the molecule is CC.CC=N/C=C(\C)C(O)(c1ccc(CC)c(CO)c1)c1ccc2nc(OC)cc(-c3cccc(O)c3)c2c1. The van der Waals surface area contributed by atoms with E-state index in [9.17, 15) is 15.3 Å². The molecule has 6 heteroatoms. The van der Waals surface area contributed by atoms with Crippen molar-refractivity contribution in [3.8, 4) is 22.8 Å². The lowest BCUT2D eigenvalue weighted by Crippen LogP contribution is -2.29. The molecule has 3 aromatic carbocycles. The number of benzene rings is 3. The normalized spacial score (nSPS) is 13.2. The second kappa shape index (κ2) is 13.2. The smallest absolute Gasteiger partial charge is 0.214 e. The third kappa shape index (κ3) is 6.03. The number of methoxy groups -OCH3 is 1. The molecule has 0 spiro atoms. The van der Waals surface area contributed by atoms with Crippen LogP contribution in [-0.4, -0.2) is 33.6 Å². The van der Waals surface area contributed by atoms with E-state index in [1.165, 1.54) is 0 Å². The molecule has 0 saturated carbocycles. The number of aliphatic imine (C=N–C) groups is 1. The number of aromatic hydroxyl groups is 1. The van der Waals surface area contributed by atoms with Crippen LogP contribution in [0.4, 0.5) is 0 Å². The zero-order valence-electron chi connectivity index (χ0n) is 23.6. The second-order valence-corrected chi connectivity index (χ2v) is 8.92. The number of aliphatic hydroxyl groups excluding tert-OH is 1. The van der Waals surface area contributed by atoms with Gasteiger partial charge in [0, 0.05) is 23.9 Å². The summed E-state index contributed by atoms with van der Waals surface area (Å²) in [6.07, 6.45) is 4.10. The van der Waals surface area contributed by atoms with Crippen molar-refractivity contribution in [1.29, 1.82) is 0 Å². The number of aliphatic hydroxyl groups is 2. The summed E-state index contributed by atoms with van der Waals surface area (Å²) in [5.74, 6) is 0.600. The zero-order chi connectivity index (χ0) is 28.6. The molecule has 39 heavy (non-hydrogen) atoms. The van der Waals surface area contributed by atoms with E-state index in [0.29, 0.717) is 28.1 Å². The van der Waals surface area contributed by atoms with E-state index < -0.39 is 5.60 Å². The number of aromatic nitrogens is 1. The molecule has 0 aliphatic carbocycles. The van der Waals surface area contributed by atoms with Gasteiger partial charge in [0.05, 0.1) is 19.2 Å². The maximum Gasteiger partial charge on any atom is 0.214 e. The zero-order valence-corrected chi connectivity index (χ0v) is 23.6. The fourth-order valence-electron chi connectivity index (χ4n) is 4.69. The lowest BCUT2D eigenvalue weighted by atomic mass is 9.79. The number of pyridine rings is 1. The largest absolute Gasteiger partial charge is 0.508 e. The van der Waals surface area contributed by atoms with E-state index in [-0.39, 0.29) is 12.4 Å². The van der Waals surface area contributed by atoms with Crippen LogP contribution < -0.4 is 4.74 Å². The van der Waals surface area contributed by atoms with E-state index in [2.05, 4.69) is 9.98 Å². The predicted octanol–water partition coefficient (Wildman–Crippen LogP) is 6.93. The molecule has 0 radical (unpaired) electrons. The minimum Gasteiger partial charge on any atom is -0.508 e. The van der Waals surface area contributed by atoms with Crippen LogP contribution in [-0.2, 0) is 18.6 Å². The van der Waals surface area contributed by atoms with Gasteiger partial charge in [-0.05, 0) is 89.6 Å². The van der Waals surface area contributed by atoms with Gasteiger partial charge in [0.1, 0.15) is 11.4 Å². The van der Waals surface area contributed by atoms with Crippen LogP contribution in [0.1, 0.15) is 56.9 Å². The van der Waals surface area contributed by atoms with Gasteiger partial charge >= 0.3 is 0 Å². The molecule has 0 saturated heterocycles. The van der Waals surface area contributed by atoms with Crippen LogP contribution >= 0.6 is 0 Å². The van der Waals surface area contributed by atoms with Crippen molar-refractivity contribution in [2.45, 2.75) is 53.2 Å². The minimum absolute atomic E-state index is 0.119. The third-order valence-electron chi connectivity index (χ3n) is 6.73. The first-order valence-electron chi connectivity index (χ1n) is 13.2.